The normalized spacial score (nSPS) is 20.8. The molecular formula is C19H31N3O2. The van der Waals surface area contributed by atoms with Crippen molar-refractivity contribution in [3.8, 4) is 0 Å². The summed E-state index contributed by atoms with van der Waals surface area (Å²) in [5.74, 6) is 1.75. The van der Waals surface area contributed by atoms with Gasteiger partial charge in [0.25, 0.3) is 5.91 Å². The van der Waals surface area contributed by atoms with E-state index in [4.69, 9.17) is 4.52 Å². The summed E-state index contributed by atoms with van der Waals surface area (Å²) in [5.41, 5.74) is 1.33. The Hall–Kier alpha value is -1.36. The van der Waals surface area contributed by atoms with Crippen LogP contribution < -0.4 is 5.32 Å². The van der Waals surface area contributed by atoms with Crippen LogP contribution in [0, 0.1) is 12.8 Å². The van der Waals surface area contributed by atoms with Crippen LogP contribution in [0.1, 0.15) is 80.1 Å². The van der Waals surface area contributed by atoms with Gasteiger partial charge in [0.2, 0.25) is 0 Å². The number of hydrogen-bond acceptors (Lipinski definition) is 4. The van der Waals surface area contributed by atoms with Gasteiger partial charge >= 0.3 is 0 Å². The van der Waals surface area contributed by atoms with Crippen molar-refractivity contribution in [2.24, 2.45) is 5.92 Å². The first-order chi connectivity index (χ1) is 11.5. The van der Waals surface area contributed by atoms with Crippen molar-refractivity contribution in [3.63, 3.8) is 0 Å². The Balaban J connectivity index is 1.50. The number of nitrogens with one attached hydrogen (secondary N) is 1. The van der Waals surface area contributed by atoms with E-state index in [1.165, 1.54) is 32.2 Å². The van der Waals surface area contributed by atoms with Gasteiger partial charge in [-0.3, -0.25) is 4.79 Å². The summed E-state index contributed by atoms with van der Waals surface area (Å²) < 4.78 is 5.34. The molecule has 0 atom stereocenters. The maximum absolute atomic E-state index is 12.7. The zero-order valence-corrected chi connectivity index (χ0v) is 15.3. The number of amides is 1. The Morgan fingerprint density at radius 2 is 1.92 bits per heavy atom. The molecule has 2 aliphatic rings. The van der Waals surface area contributed by atoms with Crippen molar-refractivity contribution in [2.75, 3.05) is 19.6 Å². The monoisotopic (exact) mass is 333 g/mol. The number of carbonyl (C=O) groups excluding carboxylic acids is 1. The smallest absolute Gasteiger partial charge is 0.257 e. The molecule has 5 heteroatoms. The van der Waals surface area contributed by atoms with Crippen LogP contribution >= 0.6 is 0 Å². The summed E-state index contributed by atoms with van der Waals surface area (Å²) in [4.78, 5) is 15.2. The van der Waals surface area contributed by atoms with Crippen LogP contribution in [0.4, 0.5) is 0 Å². The van der Waals surface area contributed by atoms with Gasteiger partial charge in [-0.25, -0.2) is 0 Å². The van der Waals surface area contributed by atoms with Gasteiger partial charge in [-0.1, -0.05) is 31.8 Å². The second kappa shape index (κ2) is 7.68. The quantitative estimate of drug-likeness (QED) is 0.896. The summed E-state index contributed by atoms with van der Waals surface area (Å²) in [6.45, 7) is 9.34. The van der Waals surface area contributed by atoms with Crippen LogP contribution in [0.15, 0.2) is 4.52 Å². The fourth-order valence-corrected chi connectivity index (χ4v) is 4.13. The molecule has 0 unspecified atom stereocenters. The first-order valence-corrected chi connectivity index (χ1v) is 9.54. The summed E-state index contributed by atoms with van der Waals surface area (Å²) in [5, 5.41) is 7.18. The number of hydrogen-bond donors (Lipinski definition) is 1. The van der Waals surface area contributed by atoms with Crippen LogP contribution in [0.3, 0.4) is 0 Å². The molecule has 3 rings (SSSR count). The molecule has 1 saturated heterocycles. The molecular weight excluding hydrogens is 302 g/mol. The molecule has 0 radical (unpaired) electrons. The summed E-state index contributed by atoms with van der Waals surface area (Å²) in [7, 11) is 0. The molecule has 0 aromatic carbocycles. The van der Waals surface area contributed by atoms with E-state index in [1.54, 1.807) is 0 Å². The molecule has 5 nitrogen and oxygen atoms in total. The van der Waals surface area contributed by atoms with E-state index in [0.717, 1.165) is 31.8 Å². The Bertz CT molecular complexity index is 553. The molecule has 2 fully saturated rings. The number of aromatic nitrogens is 1. The number of nitrogens with zero attached hydrogens (tertiary/aromatic N) is 2. The zero-order chi connectivity index (χ0) is 17.1. The largest absolute Gasteiger partial charge is 0.360 e. The minimum atomic E-state index is -0.0216. The number of rotatable bonds is 5. The summed E-state index contributed by atoms with van der Waals surface area (Å²) >= 11 is 0. The Kier molecular flexibility index (Phi) is 5.59. The molecule has 1 saturated carbocycles. The van der Waals surface area contributed by atoms with Crippen molar-refractivity contribution < 1.29 is 9.32 Å². The molecule has 1 aromatic heterocycles. The maximum Gasteiger partial charge on any atom is 0.257 e. The molecule has 1 N–H and O–H groups in total. The third-order valence-electron chi connectivity index (χ3n) is 5.55. The van der Waals surface area contributed by atoms with Crippen molar-refractivity contribution in [3.05, 3.63) is 17.0 Å². The van der Waals surface area contributed by atoms with Crippen molar-refractivity contribution in [2.45, 2.75) is 71.3 Å². The van der Waals surface area contributed by atoms with E-state index in [9.17, 15) is 4.79 Å². The molecule has 2 heterocycles. The van der Waals surface area contributed by atoms with Gasteiger partial charge in [0.05, 0.1) is 5.69 Å². The predicted octanol–water partition coefficient (Wildman–Crippen LogP) is 3.49. The predicted molar refractivity (Wildman–Crippen MR) is 94.2 cm³/mol. The van der Waals surface area contributed by atoms with Crippen molar-refractivity contribution in [1.29, 1.82) is 0 Å². The average molecular weight is 333 g/mol. The van der Waals surface area contributed by atoms with Crippen molar-refractivity contribution >= 4 is 5.91 Å². The standard InChI is InChI=1S/C19H31N3O2/c1-13(2)18-17(14(3)21-24-18)19(23)20-16-8-10-22(11-9-16)12-15-6-4-5-7-15/h13,15-16H,4-12H2,1-3H3,(H,20,23). The van der Waals surface area contributed by atoms with Crippen LogP contribution in [0.25, 0.3) is 0 Å². The highest BCUT2D eigenvalue weighted by Gasteiger charge is 2.27. The minimum absolute atomic E-state index is 0.0216. The van der Waals surface area contributed by atoms with Crippen LogP contribution in [0.5, 0.6) is 0 Å². The van der Waals surface area contributed by atoms with Crippen LogP contribution in [-0.4, -0.2) is 41.6 Å². The van der Waals surface area contributed by atoms with E-state index in [1.807, 2.05) is 20.8 Å². The third-order valence-corrected chi connectivity index (χ3v) is 5.55. The van der Waals surface area contributed by atoms with Gasteiger partial charge in [-0.05, 0) is 38.5 Å². The Morgan fingerprint density at radius 1 is 1.25 bits per heavy atom. The minimum Gasteiger partial charge on any atom is -0.360 e. The highest BCUT2D eigenvalue weighted by atomic mass is 16.5. The van der Waals surface area contributed by atoms with E-state index < -0.39 is 0 Å². The lowest BCUT2D eigenvalue weighted by atomic mass is 10.0. The molecule has 134 valence electrons. The lowest BCUT2D eigenvalue weighted by molar-refractivity contribution is 0.0902. The van der Waals surface area contributed by atoms with Crippen molar-refractivity contribution in [1.82, 2.24) is 15.4 Å². The van der Waals surface area contributed by atoms with Gasteiger partial charge in [-0.2, -0.15) is 0 Å². The molecule has 0 bridgehead atoms. The van der Waals surface area contributed by atoms with Gasteiger partial charge in [0.15, 0.2) is 5.76 Å². The number of carbonyl (C=O) groups is 1. The van der Waals surface area contributed by atoms with Gasteiger partial charge in [-0.15, -0.1) is 0 Å². The first kappa shape index (κ1) is 17.5. The SMILES string of the molecule is Cc1noc(C(C)C)c1C(=O)NC1CCN(CC2CCCC2)CC1. The summed E-state index contributed by atoms with van der Waals surface area (Å²) in [6.07, 6.45) is 7.71. The lowest BCUT2D eigenvalue weighted by Gasteiger charge is -2.33. The van der Waals surface area contributed by atoms with E-state index in [-0.39, 0.29) is 17.9 Å². The number of aryl methyl sites for hydroxylation is 1. The van der Waals surface area contributed by atoms with Gasteiger partial charge < -0.3 is 14.7 Å². The maximum atomic E-state index is 12.7. The second-order valence-electron chi connectivity index (χ2n) is 7.86. The van der Waals surface area contributed by atoms with Gasteiger partial charge in [0.1, 0.15) is 5.56 Å². The Labute approximate surface area is 145 Å². The Morgan fingerprint density at radius 3 is 2.54 bits per heavy atom. The van der Waals surface area contributed by atoms with Crippen LogP contribution in [-0.2, 0) is 0 Å². The van der Waals surface area contributed by atoms with Gasteiger partial charge in [0, 0.05) is 31.6 Å². The molecule has 1 aromatic rings. The molecule has 1 amide bonds. The van der Waals surface area contributed by atoms with E-state index in [0.29, 0.717) is 17.0 Å². The fourth-order valence-electron chi connectivity index (χ4n) is 4.13. The van der Waals surface area contributed by atoms with E-state index >= 15 is 0 Å². The number of likely N-dealkylation sites (tertiary alicyclic amines) is 1. The topological polar surface area (TPSA) is 58.4 Å². The number of piperidine rings is 1. The molecule has 1 aliphatic heterocycles. The lowest BCUT2D eigenvalue weighted by Crippen LogP contribution is -2.45. The highest BCUT2D eigenvalue weighted by Crippen LogP contribution is 2.27. The first-order valence-electron chi connectivity index (χ1n) is 9.54. The average Bonchev–Trinajstić information content (AvgIpc) is 3.18. The zero-order valence-electron chi connectivity index (χ0n) is 15.3. The molecule has 0 spiro atoms. The molecule has 24 heavy (non-hydrogen) atoms. The third kappa shape index (κ3) is 4.00. The van der Waals surface area contributed by atoms with E-state index in [2.05, 4.69) is 15.4 Å². The van der Waals surface area contributed by atoms with Crippen LogP contribution in [0.2, 0.25) is 0 Å². The fraction of sp³-hybridized carbons (Fsp3) is 0.789. The highest BCUT2D eigenvalue weighted by molar-refractivity contribution is 5.96. The summed E-state index contributed by atoms with van der Waals surface area (Å²) in [6, 6.07) is 0.270. The molecule has 1 aliphatic carbocycles. The second-order valence-corrected chi connectivity index (χ2v) is 7.86.